The topological polar surface area (TPSA) is 82.2 Å². The van der Waals surface area contributed by atoms with Crippen molar-refractivity contribution >= 4 is 17.5 Å². The highest BCUT2D eigenvalue weighted by molar-refractivity contribution is 6.31. The molecule has 1 fully saturated rings. The number of carbonyl (C=O) groups is 1. The van der Waals surface area contributed by atoms with Crippen molar-refractivity contribution in [3.8, 4) is 22.8 Å². The van der Waals surface area contributed by atoms with Crippen molar-refractivity contribution in [2.24, 2.45) is 0 Å². The average molecular weight is 548 g/mol. The van der Waals surface area contributed by atoms with Crippen LogP contribution in [0.15, 0.2) is 47.5 Å². The number of pyridine rings is 2. The highest BCUT2D eigenvalue weighted by atomic mass is 35.5. The molecule has 2 atom stereocenters. The van der Waals surface area contributed by atoms with Crippen LogP contribution in [0.25, 0.3) is 16.9 Å². The van der Waals surface area contributed by atoms with Gasteiger partial charge >= 0.3 is 0 Å². The summed E-state index contributed by atoms with van der Waals surface area (Å²) in [5.74, 6) is 0.0194. The zero-order valence-electron chi connectivity index (χ0n) is 22.0. The van der Waals surface area contributed by atoms with E-state index in [0.29, 0.717) is 23.7 Å². The van der Waals surface area contributed by atoms with E-state index in [1.54, 1.807) is 38.5 Å². The van der Waals surface area contributed by atoms with Crippen molar-refractivity contribution in [2.75, 3.05) is 20.7 Å². The molecule has 200 valence electrons. The summed E-state index contributed by atoms with van der Waals surface area (Å²) in [6.07, 6.45) is 4.31. The maximum absolute atomic E-state index is 15.4. The van der Waals surface area contributed by atoms with Crippen molar-refractivity contribution < 1.29 is 13.9 Å². The number of aromatic nitrogens is 4. The molecule has 4 heterocycles. The first-order valence-electron chi connectivity index (χ1n) is 12.8. The van der Waals surface area contributed by atoms with Crippen LogP contribution >= 0.6 is 11.6 Å². The molecule has 0 spiro atoms. The first kappa shape index (κ1) is 25.3. The Kier molecular flexibility index (Phi) is 6.06. The van der Waals surface area contributed by atoms with Gasteiger partial charge in [-0.05, 0) is 67.5 Å². The monoisotopic (exact) mass is 547 g/mol. The van der Waals surface area contributed by atoms with Gasteiger partial charge in [0.1, 0.15) is 17.4 Å². The van der Waals surface area contributed by atoms with Crippen LogP contribution in [0, 0.1) is 19.7 Å². The number of carbonyl (C=O) groups excluding carboxylic acids is 1. The molecule has 3 aromatic heterocycles. The Morgan fingerprint density at radius 3 is 2.69 bits per heavy atom. The van der Waals surface area contributed by atoms with Gasteiger partial charge in [0.05, 0.1) is 29.7 Å². The number of rotatable bonds is 5. The van der Waals surface area contributed by atoms with E-state index < -0.39 is 11.7 Å². The van der Waals surface area contributed by atoms with Crippen LogP contribution < -0.4 is 10.3 Å². The maximum Gasteiger partial charge on any atom is 0.274 e. The second-order valence-electron chi connectivity index (χ2n) is 10.3. The second-order valence-corrected chi connectivity index (χ2v) is 10.7. The number of amides is 1. The second kappa shape index (κ2) is 9.34. The maximum atomic E-state index is 15.4. The molecule has 1 saturated carbocycles. The molecule has 0 bridgehead atoms. The molecule has 8 nitrogen and oxygen atoms in total. The van der Waals surface area contributed by atoms with E-state index in [1.165, 1.54) is 15.5 Å². The van der Waals surface area contributed by atoms with E-state index in [2.05, 4.69) is 10.1 Å². The summed E-state index contributed by atoms with van der Waals surface area (Å²) >= 11 is 6.72. The fourth-order valence-electron chi connectivity index (χ4n) is 5.41. The van der Waals surface area contributed by atoms with Crippen LogP contribution in [0.5, 0.6) is 5.88 Å². The number of halogens is 2. The first-order chi connectivity index (χ1) is 18.7. The smallest absolute Gasteiger partial charge is 0.274 e. The molecule has 2 aliphatic rings. The number of ether oxygens (including phenoxy) is 1. The van der Waals surface area contributed by atoms with Gasteiger partial charge in [0, 0.05) is 37.1 Å². The number of hydrogen-bond donors (Lipinski definition) is 0. The Bertz CT molecular complexity index is 1710. The Balaban J connectivity index is 1.38. The van der Waals surface area contributed by atoms with Gasteiger partial charge < -0.3 is 9.64 Å². The summed E-state index contributed by atoms with van der Waals surface area (Å²) in [6, 6.07) is 8.25. The highest BCUT2D eigenvalue weighted by Gasteiger charge is 2.45. The summed E-state index contributed by atoms with van der Waals surface area (Å²) < 4.78 is 24.6. The standard InChI is InChI=1S/C29H27ClFN5O3/c1-15-13-32-23(17-6-5-7-18(26(17)31)27(37)34(3)4)12-24(15)36-16(2)10-21(25(30)28(36)38)19-11-20(19)22-14-33-35-8-9-39-29(22)35/h5-7,10,12-14,19-20H,8-9,11H2,1-4H3/t19-,20-/m0/s1. The van der Waals surface area contributed by atoms with Crippen LogP contribution in [0.1, 0.15) is 51.0 Å². The van der Waals surface area contributed by atoms with Crippen molar-refractivity contribution in [3.63, 3.8) is 0 Å². The van der Waals surface area contributed by atoms with E-state index in [9.17, 15) is 9.59 Å². The molecule has 4 aromatic rings. The molecule has 0 saturated heterocycles. The van der Waals surface area contributed by atoms with E-state index in [1.807, 2.05) is 30.8 Å². The van der Waals surface area contributed by atoms with Crippen molar-refractivity contribution in [3.05, 3.63) is 91.9 Å². The van der Waals surface area contributed by atoms with E-state index in [4.69, 9.17) is 16.3 Å². The van der Waals surface area contributed by atoms with E-state index >= 15 is 4.39 Å². The third-order valence-corrected chi connectivity index (χ3v) is 7.92. The minimum absolute atomic E-state index is 0.0457. The van der Waals surface area contributed by atoms with Crippen LogP contribution in [0.2, 0.25) is 5.02 Å². The fourth-order valence-corrected chi connectivity index (χ4v) is 5.69. The summed E-state index contributed by atoms with van der Waals surface area (Å²) in [5, 5.41) is 4.58. The van der Waals surface area contributed by atoms with Gasteiger partial charge in [-0.15, -0.1) is 0 Å². The van der Waals surface area contributed by atoms with Crippen LogP contribution in [-0.2, 0) is 6.54 Å². The fraction of sp³-hybridized carbons (Fsp3) is 0.310. The molecule has 1 aliphatic carbocycles. The number of aryl methyl sites for hydroxylation is 2. The molecule has 1 amide bonds. The Labute approximate surface area is 229 Å². The molecule has 1 aliphatic heterocycles. The van der Waals surface area contributed by atoms with E-state index in [-0.39, 0.29) is 33.5 Å². The average Bonchev–Trinajstić information content (AvgIpc) is 3.35. The first-order valence-corrected chi connectivity index (χ1v) is 13.1. The number of fused-ring (bicyclic) bond motifs is 1. The number of benzene rings is 1. The Morgan fingerprint density at radius 2 is 1.92 bits per heavy atom. The predicted molar refractivity (Wildman–Crippen MR) is 146 cm³/mol. The van der Waals surface area contributed by atoms with Gasteiger partial charge in [-0.1, -0.05) is 17.7 Å². The lowest BCUT2D eigenvalue weighted by Gasteiger charge is -2.17. The molecule has 0 unspecified atom stereocenters. The van der Waals surface area contributed by atoms with Crippen molar-refractivity contribution in [1.82, 2.24) is 24.2 Å². The molecule has 0 radical (unpaired) electrons. The molecule has 39 heavy (non-hydrogen) atoms. The molecule has 0 N–H and O–H groups in total. The third kappa shape index (κ3) is 4.12. The summed E-state index contributed by atoms with van der Waals surface area (Å²) in [6.45, 7) is 5.06. The SMILES string of the molecule is Cc1cnc(-c2cccc(C(=O)N(C)C)c2F)cc1-n1c(C)cc([C@H]2C[C@@H]2c2cnn3c2OCC3)c(Cl)c1=O. The normalized spacial score (nSPS) is 17.6. The number of hydrogen-bond acceptors (Lipinski definition) is 5. The molecule has 10 heteroatoms. The summed E-state index contributed by atoms with van der Waals surface area (Å²) in [7, 11) is 3.14. The Hall–Kier alpha value is -3.98. The van der Waals surface area contributed by atoms with Gasteiger partial charge in [0.25, 0.3) is 11.5 Å². The van der Waals surface area contributed by atoms with Crippen LogP contribution in [0.4, 0.5) is 4.39 Å². The van der Waals surface area contributed by atoms with Crippen molar-refractivity contribution in [1.29, 1.82) is 0 Å². The number of nitrogens with zero attached hydrogens (tertiary/aromatic N) is 5. The summed E-state index contributed by atoms with van der Waals surface area (Å²) in [5.41, 5.74) is 3.95. The zero-order chi connectivity index (χ0) is 27.6. The third-order valence-electron chi connectivity index (χ3n) is 7.54. The lowest BCUT2D eigenvalue weighted by atomic mass is 10.0. The highest BCUT2D eigenvalue weighted by Crippen LogP contribution is 2.58. The van der Waals surface area contributed by atoms with Crippen LogP contribution in [0.3, 0.4) is 0 Å². The lowest BCUT2D eigenvalue weighted by molar-refractivity contribution is 0.0823. The largest absolute Gasteiger partial charge is 0.476 e. The van der Waals surface area contributed by atoms with Gasteiger partial charge in [0.15, 0.2) is 0 Å². The summed E-state index contributed by atoms with van der Waals surface area (Å²) in [4.78, 5) is 31.8. The van der Waals surface area contributed by atoms with Crippen molar-refractivity contribution in [2.45, 2.75) is 38.6 Å². The minimum Gasteiger partial charge on any atom is -0.476 e. The van der Waals surface area contributed by atoms with E-state index in [0.717, 1.165) is 35.5 Å². The Morgan fingerprint density at radius 1 is 1.15 bits per heavy atom. The van der Waals surface area contributed by atoms with Gasteiger partial charge in [0.2, 0.25) is 5.88 Å². The lowest BCUT2D eigenvalue weighted by Crippen LogP contribution is -2.23. The zero-order valence-corrected chi connectivity index (χ0v) is 22.8. The van der Waals surface area contributed by atoms with Gasteiger partial charge in [-0.25, -0.2) is 9.07 Å². The quantitative estimate of drug-likeness (QED) is 0.356. The van der Waals surface area contributed by atoms with Crippen LogP contribution in [-0.4, -0.2) is 50.8 Å². The van der Waals surface area contributed by atoms with Gasteiger partial charge in [-0.3, -0.25) is 19.1 Å². The molecular weight excluding hydrogens is 521 g/mol. The predicted octanol–water partition coefficient (Wildman–Crippen LogP) is 4.87. The van der Waals surface area contributed by atoms with Gasteiger partial charge in [-0.2, -0.15) is 5.10 Å². The molecular formula is C29H27ClFN5O3. The molecule has 6 rings (SSSR count). The molecule has 1 aromatic carbocycles. The minimum atomic E-state index is -0.661.